The van der Waals surface area contributed by atoms with Crippen molar-refractivity contribution in [3.05, 3.63) is 11.8 Å². The number of allylic oxidation sites excluding steroid dienone is 1. The van der Waals surface area contributed by atoms with E-state index in [-0.39, 0.29) is 12.7 Å². The maximum absolute atomic E-state index is 12.1. The van der Waals surface area contributed by atoms with E-state index in [4.69, 9.17) is 5.11 Å². The number of carboxylic acids is 1. The fourth-order valence-electron chi connectivity index (χ4n) is 2.04. The molecular formula is C11H13F3O4. The van der Waals surface area contributed by atoms with Gasteiger partial charge in [0, 0.05) is 6.08 Å². The van der Waals surface area contributed by atoms with Crippen LogP contribution in [-0.4, -0.2) is 30.1 Å². The third-order valence-corrected chi connectivity index (χ3v) is 3.13. The highest BCUT2D eigenvalue weighted by Gasteiger charge is 2.70. The van der Waals surface area contributed by atoms with Crippen molar-refractivity contribution in [2.45, 2.75) is 26.4 Å². The number of carboxylic acid groups (broad SMARTS) is 1. The number of alkyl halides is 3. The van der Waals surface area contributed by atoms with Crippen molar-refractivity contribution in [2.24, 2.45) is 10.8 Å². The van der Waals surface area contributed by atoms with Gasteiger partial charge in [-0.25, -0.2) is 0 Å². The molecule has 0 heterocycles. The minimum Gasteiger partial charge on any atom is -0.487 e. The molecule has 0 aromatic rings. The average molecular weight is 266 g/mol. The van der Waals surface area contributed by atoms with Crippen LogP contribution in [0, 0.1) is 10.8 Å². The van der Waals surface area contributed by atoms with E-state index >= 15 is 0 Å². The van der Waals surface area contributed by atoms with Crippen LogP contribution in [0.25, 0.3) is 0 Å². The number of ether oxygens (including phenoxy) is 1. The molecule has 18 heavy (non-hydrogen) atoms. The zero-order valence-electron chi connectivity index (χ0n) is 9.87. The minimum absolute atomic E-state index is 0.132. The summed E-state index contributed by atoms with van der Waals surface area (Å²) in [4.78, 5) is 21.6. The van der Waals surface area contributed by atoms with E-state index in [2.05, 4.69) is 4.74 Å². The van der Waals surface area contributed by atoms with Gasteiger partial charge in [-0.3, -0.25) is 9.59 Å². The quantitative estimate of drug-likeness (QED) is 0.470. The second-order valence-electron chi connectivity index (χ2n) is 4.84. The van der Waals surface area contributed by atoms with Crippen LogP contribution >= 0.6 is 0 Å². The molecule has 7 heteroatoms. The Morgan fingerprint density at radius 1 is 1.44 bits per heavy atom. The fourth-order valence-corrected chi connectivity index (χ4v) is 2.04. The number of hydrogen-bond acceptors (Lipinski definition) is 3. The molecule has 1 unspecified atom stereocenters. The number of aliphatic carboxylic acids is 1. The molecule has 1 N–H and O–H groups in total. The summed E-state index contributed by atoms with van der Waals surface area (Å²) in [6.45, 7) is 1.57. The number of hydrogen-bond donors (Lipinski definition) is 1. The van der Waals surface area contributed by atoms with Crippen molar-refractivity contribution in [1.29, 1.82) is 0 Å². The standard InChI is InChI=1S/C11H13F3O4/c1-9(2)5-10(9,8(16)17)7(3-4-15)18-6-11(12,13)14/h3-4H,5-6H2,1-2H3,(H,16,17)/b7-3+. The molecule has 1 aliphatic rings. The predicted octanol–water partition coefficient (Wildman–Crippen LogP) is 2.15. The van der Waals surface area contributed by atoms with Crippen molar-refractivity contribution in [2.75, 3.05) is 6.61 Å². The van der Waals surface area contributed by atoms with Crippen LogP contribution in [0.5, 0.6) is 0 Å². The molecule has 1 fully saturated rings. The minimum atomic E-state index is -4.58. The van der Waals surface area contributed by atoms with Crippen molar-refractivity contribution in [1.82, 2.24) is 0 Å². The van der Waals surface area contributed by atoms with Gasteiger partial charge in [-0.2, -0.15) is 13.2 Å². The van der Waals surface area contributed by atoms with Crippen molar-refractivity contribution in [3.8, 4) is 0 Å². The number of carbonyl (C=O) groups excluding carboxylic acids is 1. The van der Waals surface area contributed by atoms with Gasteiger partial charge in [-0.05, 0) is 11.8 Å². The Morgan fingerprint density at radius 2 is 1.94 bits per heavy atom. The SMILES string of the molecule is CC1(C)CC1(C(=O)O)/C(=C\C=O)OCC(F)(F)F. The Labute approximate surface area is 101 Å². The van der Waals surface area contributed by atoms with Crippen LogP contribution in [0.2, 0.25) is 0 Å². The van der Waals surface area contributed by atoms with Gasteiger partial charge in [0.15, 0.2) is 6.61 Å². The number of rotatable bonds is 5. The van der Waals surface area contributed by atoms with Crippen LogP contribution in [0.3, 0.4) is 0 Å². The van der Waals surface area contributed by atoms with Gasteiger partial charge in [-0.1, -0.05) is 13.8 Å². The average Bonchev–Trinajstić information content (AvgIpc) is 2.76. The predicted molar refractivity (Wildman–Crippen MR) is 54.6 cm³/mol. The lowest BCUT2D eigenvalue weighted by molar-refractivity contribution is -0.171. The van der Waals surface area contributed by atoms with E-state index in [0.29, 0.717) is 0 Å². The number of aldehydes is 1. The smallest absolute Gasteiger partial charge is 0.422 e. The Morgan fingerprint density at radius 3 is 2.22 bits per heavy atom. The monoisotopic (exact) mass is 266 g/mol. The third-order valence-electron chi connectivity index (χ3n) is 3.13. The molecule has 0 aromatic carbocycles. The summed E-state index contributed by atoms with van der Waals surface area (Å²) < 4.78 is 40.7. The molecule has 0 bridgehead atoms. The van der Waals surface area contributed by atoms with E-state index in [1.54, 1.807) is 13.8 Å². The van der Waals surface area contributed by atoms with Gasteiger partial charge < -0.3 is 9.84 Å². The summed E-state index contributed by atoms with van der Waals surface area (Å²) in [7, 11) is 0. The second-order valence-corrected chi connectivity index (χ2v) is 4.84. The maximum atomic E-state index is 12.1. The van der Waals surface area contributed by atoms with Gasteiger partial charge in [0.2, 0.25) is 0 Å². The van der Waals surface area contributed by atoms with Crippen molar-refractivity contribution in [3.63, 3.8) is 0 Å². The molecule has 0 aliphatic heterocycles. The van der Waals surface area contributed by atoms with E-state index in [1.165, 1.54) is 0 Å². The van der Waals surface area contributed by atoms with Gasteiger partial charge in [-0.15, -0.1) is 0 Å². The first-order valence-corrected chi connectivity index (χ1v) is 5.16. The lowest BCUT2D eigenvalue weighted by Gasteiger charge is -2.20. The van der Waals surface area contributed by atoms with E-state index < -0.39 is 35.3 Å². The molecule has 0 radical (unpaired) electrons. The number of halogens is 3. The highest BCUT2D eigenvalue weighted by molar-refractivity contribution is 5.85. The van der Waals surface area contributed by atoms with E-state index in [9.17, 15) is 22.8 Å². The van der Waals surface area contributed by atoms with Gasteiger partial charge in [0.05, 0.1) is 0 Å². The van der Waals surface area contributed by atoms with Crippen LogP contribution < -0.4 is 0 Å². The van der Waals surface area contributed by atoms with Crippen LogP contribution in [0.15, 0.2) is 11.8 Å². The topological polar surface area (TPSA) is 63.6 Å². The summed E-state index contributed by atoms with van der Waals surface area (Å²) >= 11 is 0. The van der Waals surface area contributed by atoms with E-state index in [1.807, 2.05) is 0 Å². The number of carbonyl (C=O) groups is 2. The molecule has 1 saturated carbocycles. The molecule has 1 rings (SSSR count). The first-order chi connectivity index (χ1) is 8.07. The highest BCUT2D eigenvalue weighted by Crippen LogP contribution is 2.67. The summed E-state index contributed by atoms with van der Waals surface area (Å²) in [5, 5.41) is 9.15. The third kappa shape index (κ3) is 2.49. The maximum Gasteiger partial charge on any atom is 0.422 e. The van der Waals surface area contributed by atoms with E-state index in [0.717, 1.165) is 6.08 Å². The molecule has 4 nitrogen and oxygen atoms in total. The lowest BCUT2D eigenvalue weighted by atomic mass is 9.93. The Balaban J connectivity index is 2.97. The Hall–Kier alpha value is -1.53. The van der Waals surface area contributed by atoms with Gasteiger partial charge in [0.25, 0.3) is 0 Å². The molecule has 0 saturated heterocycles. The molecular weight excluding hydrogens is 253 g/mol. The Kier molecular flexibility index (Phi) is 3.47. The van der Waals surface area contributed by atoms with Gasteiger partial charge in [0.1, 0.15) is 17.5 Å². The highest BCUT2D eigenvalue weighted by atomic mass is 19.4. The molecule has 0 amide bonds. The van der Waals surface area contributed by atoms with Gasteiger partial charge >= 0.3 is 12.1 Å². The summed E-state index contributed by atoms with van der Waals surface area (Å²) in [5.74, 6) is -1.73. The summed E-state index contributed by atoms with van der Waals surface area (Å²) in [5.41, 5.74) is -2.28. The summed E-state index contributed by atoms with van der Waals surface area (Å²) in [6, 6.07) is 0. The van der Waals surface area contributed by atoms with Crippen molar-refractivity contribution < 1.29 is 32.6 Å². The molecule has 102 valence electrons. The molecule has 1 aliphatic carbocycles. The molecule has 0 spiro atoms. The zero-order valence-corrected chi connectivity index (χ0v) is 9.87. The largest absolute Gasteiger partial charge is 0.487 e. The first kappa shape index (κ1) is 14.5. The Bertz CT molecular complexity index is 398. The summed E-state index contributed by atoms with van der Waals surface area (Å²) in [6.07, 6.45) is -3.48. The molecule has 1 atom stereocenters. The lowest BCUT2D eigenvalue weighted by Crippen LogP contribution is -2.28. The van der Waals surface area contributed by atoms with Crippen LogP contribution in [-0.2, 0) is 14.3 Å². The van der Waals surface area contributed by atoms with Crippen LogP contribution in [0.4, 0.5) is 13.2 Å². The molecule has 0 aromatic heterocycles. The zero-order chi connectivity index (χ0) is 14.2. The fraction of sp³-hybridized carbons (Fsp3) is 0.636. The van der Waals surface area contributed by atoms with Crippen molar-refractivity contribution >= 4 is 12.3 Å². The normalized spacial score (nSPS) is 26.6. The second kappa shape index (κ2) is 4.29. The first-order valence-electron chi connectivity index (χ1n) is 5.16. The van der Waals surface area contributed by atoms with Crippen LogP contribution in [0.1, 0.15) is 20.3 Å².